The quantitative estimate of drug-likeness (QED) is 0.309. The van der Waals surface area contributed by atoms with Gasteiger partial charge in [-0.1, -0.05) is 50.1 Å². The smallest absolute Gasteiger partial charge is 0.232 e. The number of rotatable bonds is 9. The highest BCUT2D eigenvalue weighted by Gasteiger charge is 2.16. The summed E-state index contributed by atoms with van der Waals surface area (Å²) < 4.78 is 1.91. The minimum atomic E-state index is -0.121. The molecule has 6 nitrogen and oxygen atoms in total. The number of thiazole rings is 2. The second kappa shape index (κ2) is 10.2. The van der Waals surface area contributed by atoms with Crippen molar-refractivity contribution in [2.45, 2.75) is 52.9 Å². The van der Waals surface area contributed by atoms with E-state index in [0.717, 1.165) is 39.9 Å². The average Bonchev–Trinajstić information content (AvgIpc) is 3.50. The molecule has 0 aliphatic carbocycles. The van der Waals surface area contributed by atoms with Crippen LogP contribution in [0.2, 0.25) is 0 Å². The predicted molar refractivity (Wildman–Crippen MR) is 132 cm³/mol. The summed E-state index contributed by atoms with van der Waals surface area (Å²) in [4.78, 5) is 21.7. The zero-order valence-corrected chi connectivity index (χ0v) is 20.2. The van der Waals surface area contributed by atoms with Crippen molar-refractivity contribution in [2.75, 3.05) is 5.32 Å². The van der Waals surface area contributed by atoms with Gasteiger partial charge in [-0.25, -0.2) is 14.6 Å². The van der Waals surface area contributed by atoms with Crippen LogP contribution in [-0.4, -0.2) is 25.7 Å². The lowest BCUT2D eigenvalue weighted by molar-refractivity contribution is -0.115. The van der Waals surface area contributed by atoms with Crippen molar-refractivity contribution >= 4 is 33.7 Å². The second-order valence-corrected chi connectivity index (χ2v) is 9.46. The van der Waals surface area contributed by atoms with E-state index in [1.165, 1.54) is 47.5 Å². The van der Waals surface area contributed by atoms with Gasteiger partial charge in [-0.05, 0) is 32.3 Å². The molecule has 166 valence electrons. The lowest BCUT2D eigenvalue weighted by atomic mass is 10.1. The fourth-order valence-electron chi connectivity index (χ4n) is 3.65. The largest absolute Gasteiger partial charge is 0.302 e. The second-order valence-electron chi connectivity index (χ2n) is 7.77. The van der Waals surface area contributed by atoms with Gasteiger partial charge in [0.2, 0.25) is 11.0 Å². The summed E-state index contributed by atoms with van der Waals surface area (Å²) in [5, 5.41) is 12.9. The summed E-state index contributed by atoms with van der Waals surface area (Å²) in [6.45, 7) is 6.37. The van der Waals surface area contributed by atoms with E-state index in [1.54, 1.807) is 0 Å². The number of unbranched alkanes of at least 4 members (excludes halogenated alkanes) is 2. The van der Waals surface area contributed by atoms with Crippen LogP contribution in [0, 0.1) is 13.8 Å². The van der Waals surface area contributed by atoms with E-state index in [0.29, 0.717) is 5.13 Å². The molecule has 32 heavy (non-hydrogen) atoms. The molecule has 0 saturated carbocycles. The van der Waals surface area contributed by atoms with E-state index in [9.17, 15) is 4.79 Å². The van der Waals surface area contributed by atoms with Gasteiger partial charge in [0.05, 0.1) is 23.5 Å². The number of anilines is 1. The first kappa shape index (κ1) is 22.4. The zero-order valence-electron chi connectivity index (χ0n) is 18.6. The summed E-state index contributed by atoms with van der Waals surface area (Å²) in [5.74, 6) is -0.121. The van der Waals surface area contributed by atoms with Crippen LogP contribution in [-0.2, 0) is 17.6 Å². The van der Waals surface area contributed by atoms with Crippen LogP contribution in [0.4, 0.5) is 5.13 Å². The maximum Gasteiger partial charge on any atom is 0.232 e. The van der Waals surface area contributed by atoms with Crippen molar-refractivity contribution in [3.05, 3.63) is 63.7 Å². The number of aromatic nitrogens is 4. The first-order valence-electron chi connectivity index (χ1n) is 10.9. The molecule has 1 aromatic carbocycles. The van der Waals surface area contributed by atoms with Crippen LogP contribution in [0.5, 0.6) is 0 Å². The highest BCUT2D eigenvalue weighted by Crippen LogP contribution is 2.25. The molecule has 0 saturated heterocycles. The molecular weight excluding hydrogens is 438 g/mol. The van der Waals surface area contributed by atoms with Crippen LogP contribution in [0.25, 0.3) is 16.4 Å². The standard InChI is InChI=1S/C24H27N5OS2/c1-4-5-7-12-20-16(2)28-29(17(20)3)24-25-19(14-32-24)13-22(30)27-23-26-21(15-31-23)18-10-8-6-9-11-18/h6,8-11,14-15H,4-5,7,12-13H2,1-3H3,(H,26,27,30). The van der Waals surface area contributed by atoms with Crippen LogP contribution < -0.4 is 5.32 Å². The van der Waals surface area contributed by atoms with Gasteiger partial charge in [0, 0.05) is 22.0 Å². The van der Waals surface area contributed by atoms with Crippen LogP contribution in [0.3, 0.4) is 0 Å². The van der Waals surface area contributed by atoms with E-state index < -0.39 is 0 Å². The molecule has 0 radical (unpaired) electrons. The fourth-order valence-corrected chi connectivity index (χ4v) is 5.21. The number of amides is 1. The van der Waals surface area contributed by atoms with Gasteiger partial charge < -0.3 is 5.32 Å². The molecule has 0 atom stereocenters. The first-order valence-corrected chi connectivity index (χ1v) is 12.6. The molecular formula is C24H27N5OS2. The molecule has 4 aromatic rings. The molecule has 3 heterocycles. The maximum atomic E-state index is 12.5. The Bertz CT molecular complexity index is 1190. The highest BCUT2D eigenvalue weighted by atomic mass is 32.1. The molecule has 0 fully saturated rings. The minimum absolute atomic E-state index is 0.121. The summed E-state index contributed by atoms with van der Waals surface area (Å²) in [6, 6.07) is 9.94. The lowest BCUT2D eigenvalue weighted by Gasteiger charge is -2.02. The Morgan fingerprint density at radius 2 is 1.88 bits per heavy atom. The average molecular weight is 466 g/mol. The van der Waals surface area contributed by atoms with Crippen molar-refractivity contribution in [3.63, 3.8) is 0 Å². The summed E-state index contributed by atoms with van der Waals surface area (Å²) >= 11 is 2.94. The van der Waals surface area contributed by atoms with Crippen molar-refractivity contribution < 1.29 is 4.79 Å². The Morgan fingerprint density at radius 3 is 2.66 bits per heavy atom. The number of nitrogens with one attached hydrogen (secondary N) is 1. The first-order chi connectivity index (χ1) is 15.5. The molecule has 1 N–H and O–H groups in total. The van der Waals surface area contributed by atoms with E-state index in [2.05, 4.69) is 36.1 Å². The van der Waals surface area contributed by atoms with Crippen LogP contribution in [0.1, 0.15) is 48.8 Å². The third-order valence-electron chi connectivity index (χ3n) is 5.35. The molecule has 1 amide bonds. The van der Waals surface area contributed by atoms with Gasteiger partial charge >= 0.3 is 0 Å². The van der Waals surface area contributed by atoms with E-state index in [1.807, 2.05) is 45.8 Å². The normalized spacial score (nSPS) is 11.1. The van der Waals surface area contributed by atoms with Crippen molar-refractivity contribution in [1.82, 2.24) is 19.7 Å². The van der Waals surface area contributed by atoms with Gasteiger partial charge in [-0.2, -0.15) is 5.10 Å². The Kier molecular flexibility index (Phi) is 7.12. The molecule has 0 bridgehead atoms. The van der Waals surface area contributed by atoms with Gasteiger partial charge in [0.15, 0.2) is 5.13 Å². The fraction of sp³-hybridized carbons (Fsp3) is 0.333. The SMILES string of the molecule is CCCCCc1c(C)nn(-c2nc(CC(=O)Nc3nc(-c4ccccc4)cs3)cs2)c1C. The minimum Gasteiger partial charge on any atom is -0.302 e. The Balaban J connectivity index is 1.40. The van der Waals surface area contributed by atoms with E-state index in [4.69, 9.17) is 5.10 Å². The van der Waals surface area contributed by atoms with Gasteiger partial charge in [-0.3, -0.25) is 4.79 Å². The number of hydrogen-bond donors (Lipinski definition) is 1. The van der Waals surface area contributed by atoms with E-state index >= 15 is 0 Å². The molecule has 4 rings (SSSR count). The van der Waals surface area contributed by atoms with Gasteiger partial charge in [0.25, 0.3) is 0 Å². The third kappa shape index (κ3) is 5.14. The molecule has 0 aliphatic rings. The number of carbonyl (C=O) groups excluding carboxylic acids is 1. The molecule has 8 heteroatoms. The topological polar surface area (TPSA) is 72.7 Å². The number of hydrogen-bond acceptors (Lipinski definition) is 6. The number of benzene rings is 1. The third-order valence-corrected chi connectivity index (χ3v) is 6.98. The summed E-state index contributed by atoms with van der Waals surface area (Å²) in [6.07, 6.45) is 4.87. The molecule has 3 aromatic heterocycles. The molecule has 0 unspecified atom stereocenters. The maximum absolute atomic E-state index is 12.5. The van der Waals surface area contributed by atoms with Crippen LogP contribution >= 0.6 is 22.7 Å². The Hall–Kier alpha value is -2.84. The monoisotopic (exact) mass is 465 g/mol. The number of nitrogens with zero attached hydrogens (tertiary/aromatic N) is 4. The van der Waals surface area contributed by atoms with Crippen molar-refractivity contribution in [1.29, 1.82) is 0 Å². The number of carbonyl (C=O) groups is 1. The number of aryl methyl sites for hydroxylation is 1. The molecule has 0 spiro atoms. The van der Waals surface area contributed by atoms with Gasteiger partial charge in [0.1, 0.15) is 0 Å². The van der Waals surface area contributed by atoms with Crippen molar-refractivity contribution in [3.8, 4) is 16.4 Å². The molecule has 0 aliphatic heterocycles. The Morgan fingerprint density at radius 1 is 1.06 bits per heavy atom. The van der Waals surface area contributed by atoms with Crippen molar-refractivity contribution in [2.24, 2.45) is 0 Å². The van der Waals surface area contributed by atoms with Crippen LogP contribution in [0.15, 0.2) is 41.1 Å². The Labute approximate surface area is 196 Å². The summed E-state index contributed by atoms with van der Waals surface area (Å²) in [7, 11) is 0. The highest BCUT2D eigenvalue weighted by molar-refractivity contribution is 7.14. The zero-order chi connectivity index (χ0) is 22.5. The predicted octanol–water partition coefficient (Wildman–Crippen LogP) is 5.98. The van der Waals surface area contributed by atoms with Gasteiger partial charge in [-0.15, -0.1) is 22.7 Å². The van der Waals surface area contributed by atoms with E-state index in [-0.39, 0.29) is 12.3 Å². The lowest BCUT2D eigenvalue weighted by Crippen LogP contribution is -2.14. The summed E-state index contributed by atoms with van der Waals surface area (Å²) in [5.41, 5.74) is 6.15.